The maximum Gasteiger partial charge on any atom is 0.248 e. The minimum atomic E-state index is -0.210. The molecule has 1 heterocycles. The minimum Gasteiger partial charge on any atom is -0.394 e. The predicted octanol–water partition coefficient (Wildman–Crippen LogP) is 2.92. The van der Waals surface area contributed by atoms with Gasteiger partial charge >= 0.3 is 0 Å². The molecule has 0 saturated carbocycles. The first-order valence-electron chi connectivity index (χ1n) is 7.59. The number of nitrogens with zero attached hydrogens (tertiary/aromatic N) is 1. The second-order valence-corrected chi connectivity index (χ2v) is 5.10. The number of carbonyl (C=O) groups is 1. The standard InChI is InChI=1S/C18H21N3O2/c1-2-15(13-22)20-17-10-9-16(12-19-17)21-18(23)11-8-14-6-4-3-5-7-14/h3-12,15,22H,2,13H2,1H3,(H,19,20)(H,21,23)/b11-8+. The molecule has 0 fully saturated rings. The van der Waals surface area contributed by atoms with E-state index >= 15 is 0 Å². The number of aromatic nitrogens is 1. The number of nitrogens with one attached hydrogen (secondary N) is 2. The van der Waals surface area contributed by atoms with Gasteiger partial charge in [0.2, 0.25) is 5.91 Å². The van der Waals surface area contributed by atoms with Crippen LogP contribution < -0.4 is 10.6 Å². The van der Waals surface area contributed by atoms with Crippen LogP contribution in [0.1, 0.15) is 18.9 Å². The Kier molecular flexibility index (Phi) is 6.32. The minimum absolute atomic E-state index is 0.0169. The van der Waals surface area contributed by atoms with Crippen molar-refractivity contribution in [3.8, 4) is 0 Å². The normalized spacial score (nSPS) is 12.1. The lowest BCUT2D eigenvalue weighted by Gasteiger charge is -2.14. The molecule has 5 heteroatoms. The van der Waals surface area contributed by atoms with Gasteiger partial charge in [0.25, 0.3) is 0 Å². The summed E-state index contributed by atoms with van der Waals surface area (Å²) >= 11 is 0. The van der Waals surface area contributed by atoms with E-state index < -0.39 is 0 Å². The van der Waals surface area contributed by atoms with Crippen LogP contribution >= 0.6 is 0 Å². The van der Waals surface area contributed by atoms with Gasteiger partial charge in [0, 0.05) is 6.08 Å². The molecule has 5 nitrogen and oxygen atoms in total. The second kappa shape index (κ2) is 8.70. The molecule has 0 aliphatic heterocycles. The van der Waals surface area contributed by atoms with Gasteiger partial charge in [-0.3, -0.25) is 4.79 Å². The molecule has 1 unspecified atom stereocenters. The molecule has 120 valence electrons. The van der Waals surface area contributed by atoms with Crippen molar-refractivity contribution in [1.29, 1.82) is 0 Å². The molecule has 0 bridgehead atoms. The second-order valence-electron chi connectivity index (χ2n) is 5.10. The average molecular weight is 311 g/mol. The summed E-state index contributed by atoms with van der Waals surface area (Å²) in [7, 11) is 0. The summed E-state index contributed by atoms with van der Waals surface area (Å²) in [6, 6.07) is 13.2. The van der Waals surface area contributed by atoms with Gasteiger partial charge in [-0.05, 0) is 30.2 Å². The smallest absolute Gasteiger partial charge is 0.248 e. The highest BCUT2D eigenvalue weighted by Crippen LogP contribution is 2.11. The number of carbonyl (C=O) groups excluding carboxylic acids is 1. The van der Waals surface area contributed by atoms with Crippen LogP contribution in [-0.4, -0.2) is 28.6 Å². The van der Waals surface area contributed by atoms with E-state index in [9.17, 15) is 4.79 Å². The first-order valence-corrected chi connectivity index (χ1v) is 7.59. The molecule has 0 aliphatic carbocycles. The molecular formula is C18H21N3O2. The molecule has 1 amide bonds. The van der Waals surface area contributed by atoms with E-state index in [1.54, 1.807) is 24.4 Å². The van der Waals surface area contributed by atoms with Crippen LogP contribution in [0.4, 0.5) is 11.5 Å². The van der Waals surface area contributed by atoms with Gasteiger partial charge < -0.3 is 15.7 Å². The van der Waals surface area contributed by atoms with Crippen molar-refractivity contribution in [3.05, 3.63) is 60.3 Å². The van der Waals surface area contributed by atoms with Gasteiger partial charge in [0.05, 0.1) is 24.5 Å². The van der Waals surface area contributed by atoms with Crippen molar-refractivity contribution in [2.75, 3.05) is 17.2 Å². The predicted molar refractivity (Wildman–Crippen MR) is 93.1 cm³/mol. The SMILES string of the molecule is CCC(CO)Nc1ccc(NC(=O)/C=C/c2ccccc2)cn1. The highest BCUT2D eigenvalue weighted by Gasteiger charge is 2.05. The van der Waals surface area contributed by atoms with Crippen LogP contribution in [0.5, 0.6) is 0 Å². The molecule has 0 saturated heterocycles. The quantitative estimate of drug-likeness (QED) is 0.687. The molecule has 3 N–H and O–H groups in total. The van der Waals surface area contributed by atoms with Gasteiger partial charge in [0.1, 0.15) is 5.82 Å². The summed E-state index contributed by atoms with van der Waals surface area (Å²) in [6.07, 6.45) is 5.63. The van der Waals surface area contributed by atoms with E-state index in [-0.39, 0.29) is 18.6 Å². The summed E-state index contributed by atoms with van der Waals surface area (Å²) < 4.78 is 0. The summed E-state index contributed by atoms with van der Waals surface area (Å²) in [5, 5.41) is 15.0. The number of rotatable bonds is 7. The van der Waals surface area contributed by atoms with Crippen molar-refractivity contribution in [1.82, 2.24) is 4.98 Å². The first kappa shape index (κ1) is 16.7. The van der Waals surface area contributed by atoms with E-state index in [1.807, 2.05) is 37.3 Å². The Morgan fingerprint density at radius 1 is 1.26 bits per heavy atom. The Morgan fingerprint density at radius 3 is 2.65 bits per heavy atom. The lowest BCUT2D eigenvalue weighted by molar-refractivity contribution is -0.111. The van der Waals surface area contributed by atoms with Gasteiger partial charge in [-0.25, -0.2) is 4.98 Å². The van der Waals surface area contributed by atoms with Crippen molar-refractivity contribution in [2.24, 2.45) is 0 Å². The summed E-state index contributed by atoms with van der Waals surface area (Å²) in [5.41, 5.74) is 1.59. The molecule has 1 atom stereocenters. The van der Waals surface area contributed by atoms with Crippen molar-refractivity contribution < 1.29 is 9.90 Å². The summed E-state index contributed by atoms with van der Waals surface area (Å²) in [5.74, 6) is 0.460. The molecule has 2 rings (SSSR count). The van der Waals surface area contributed by atoms with Crippen LogP contribution in [0, 0.1) is 0 Å². The zero-order chi connectivity index (χ0) is 16.5. The number of anilines is 2. The number of amides is 1. The number of benzene rings is 1. The Labute approximate surface area is 136 Å². The fraction of sp³-hybridized carbons (Fsp3) is 0.222. The van der Waals surface area contributed by atoms with Crippen LogP contribution in [-0.2, 0) is 4.79 Å². The molecule has 0 spiro atoms. The molecule has 1 aromatic carbocycles. The monoisotopic (exact) mass is 311 g/mol. The fourth-order valence-corrected chi connectivity index (χ4v) is 1.96. The molecule has 2 aromatic rings. The molecular weight excluding hydrogens is 290 g/mol. The number of hydrogen-bond donors (Lipinski definition) is 3. The number of aliphatic hydroxyl groups is 1. The zero-order valence-corrected chi connectivity index (χ0v) is 13.1. The van der Waals surface area contributed by atoms with E-state index in [0.29, 0.717) is 11.5 Å². The maximum absolute atomic E-state index is 11.9. The van der Waals surface area contributed by atoms with E-state index in [2.05, 4.69) is 15.6 Å². The Bertz CT molecular complexity index is 635. The number of aliphatic hydroxyl groups excluding tert-OH is 1. The maximum atomic E-state index is 11.9. The topological polar surface area (TPSA) is 74.2 Å². The number of pyridine rings is 1. The van der Waals surface area contributed by atoms with Gasteiger partial charge in [-0.15, -0.1) is 0 Å². The van der Waals surface area contributed by atoms with Gasteiger partial charge in [-0.1, -0.05) is 37.3 Å². The van der Waals surface area contributed by atoms with Crippen LogP contribution in [0.3, 0.4) is 0 Å². The van der Waals surface area contributed by atoms with Crippen molar-refractivity contribution in [2.45, 2.75) is 19.4 Å². The Hall–Kier alpha value is -2.66. The van der Waals surface area contributed by atoms with Gasteiger partial charge in [-0.2, -0.15) is 0 Å². The van der Waals surface area contributed by atoms with Gasteiger partial charge in [0.15, 0.2) is 0 Å². The van der Waals surface area contributed by atoms with Crippen LogP contribution in [0.15, 0.2) is 54.7 Å². The average Bonchev–Trinajstić information content (AvgIpc) is 2.60. The lowest BCUT2D eigenvalue weighted by atomic mass is 10.2. The third-order valence-corrected chi connectivity index (χ3v) is 3.32. The number of hydrogen-bond acceptors (Lipinski definition) is 4. The fourth-order valence-electron chi connectivity index (χ4n) is 1.96. The highest BCUT2D eigenvalue weighted by molar-refractivity contribution is 6.01. The third-order valence-electron chi connectivity index (χ3n) is 3.32. The Balaban J connectivity index is 1.90. The molecule has 1 aromatic heterocycles. The molecule has 23 heavy (non-hydrogen) atoms. The van der Waals surface area contributed by atoms with Crippen LogP contribution in [0.2, 0.25) is 0 Å². The zero-order valence-electron chi connectivity index (χ0n) is 13.1. The van der Waals surface area contributed by atoms with Crippen molar-refractivity contribution in [3.63, 3.8) is 0 Å². The molecule has 0 radical (unpaired) electrons. The van der Waals surface area contributed by atoms with E-state index in [4.69, 9.17) is 5.11 Å². The Morgan fingerprint density at radius 2 is 2.04 bits per heavy atom. The van der Waals surface area contributed by atoms with Crippen LogP contribution in [0.25, 0.3) is 6.08 Å². The van der Waals surface area contributed by atoms with E-state index in [1.165, 1.54) is 6.08 Å². The highest BCUT2D eigenvalue weighted by atomic mass is 16.3. The van der Waals surface area contributed by atoms with Crippen molar-refractivity contribution >= 4 is 23.5 Å². The first-order chi connectivity index (χ1) is 11.2. The largest absolute Gasteiger partial charge is 0.394 e. The third kappa shape index (κ3) is 5.56. The molecule has 0 aliphatic rings. The summed E-state index contributed by atoms with van der Waals surface area (Å²) in [4.78, 5) is 16.1. The lowest BCUT2D eigenvalue weighted by Crippen LogP contribution is -2.23. The summed E-state index contributed by atoms with van der Waals surface area (Å²) in [6.45, 7) is 2.04. The van der Waals surface area contributed by atoms with E-state index in [0.717, 1.165) is 12.0 Å².